The van der Waals surface area contributed by atoms with Crippen molar-refractivity contribution in [2.24, 2.45) is 0 Å². The Morgan fingerprint density at radius 1 is 1.50 bits per heavy atom. The van der Waals surface area contributed by atoms with Gasteiger partial charge in [0.2, 0.25) is 0 Å². The molecule has 5 heteroatoms. The van der Waals surface area contributed by atoms with Crippen molar-refractivity contribution in [1.82, 2.24) is 5.32 Å². The highest BCUT2D eigenvalue weighted by Gasteiger charge is 2.17. The molecule has 1 amide bonds. The molecule has 1 unspecified atom stereocenters. The summed E-state index contributed by atoms with van der Waals surface area (Å²) < 4.78 is 5.22. The van der Waals surface area contributed by atoms with E-state index in [1.54, 1.807) is 26.0 Å². The van der Waals surface area contributed by atoms with Gasteiger partial charge in [-0.3, -0.25) is 4.79 Å². The summed E-state index contributed by atoms with van der Waals surface area (Å²) >= 11 is 0. The number of carboxylic acid groups (broad SMARTS) is 1. The molecule has 5 nitrogen and oxygen atoms in total. The Morgan fingerprint density at radius 3 is 2.57 bits per heavy atom. The monoisotopic (exact) mass is 197 g/mol. The molecule has 1 atom stereocenters. The van der Waals surface area contributed by atoms with Gasteiger partial charge in [0.15, 0.2) is 0 Å². The summed E-state index contributed by atoms with van der Waals surface area (Å²) in [6.07, 6.45) is 0. The van der Waals surface area contributed by atoms with Crippen molar-refractivity contribution in [2.75, 3.05) is 0 Å². The molecule has 0 bridgehead atoms. The van der Waals surface area contributed by atoms with Crippen LogP contribution in [-0.4, -0.2) is 17.0 Å². The van der Waals surface area contributed by atoms with E-state index in [4.69, 9.17) is 9.52 Å². The van der Waals surface area contributed by atoms with Crippen LogP contribution in [0.2, 0.25) is 0 Å². The van der Waals surface area contributed by atoms with Gasteiger partial charge in [-0.15, -0.1) is 0 Å². The zero-order valence-corrected chi connectivity index (χ0v) is 7.90. The third kappa shape index (κ3) is 2.35. The van der Waals surface area contributed by atoms with Crippen molar-refractivity contribution in [3.63, 3.8) is 0 Å². The van der Waals surface area contributed by atoms with Gasteiger partial charge in [0, 0.05) is 0 Å². The summed E-state index contributed by atoms with van der Waals surface area (Å²) in [6.45, 7) is 3.42. The number of hydrogen-bond donors (Lipinski definition) is 2. The summed E-state index contributed by atoms with van der Waals surface area (Å²) in [4.78, 5) is 21.0. The van der Waals surface area contributed by atoms with Crippen molar-refractivity contribution < 1.29 is 19.1 Å². The summed E-state index contributed by atoms with van der Waals surface area (Å²) in [5.41, 5.74) is 0. The van der Waals surface area contributed by atoms with Crippen molar-refractivity contribution in [3.05, 3.63) is 23.7 Å². The molecular weight excluding hydrogens is 186 g/mol. The van der Waals surface area contributed by atoms with Crippen LogP contribution in [0.3, 0.4) is 0 Å². The first-order valence-corrected chi connectivity index (χ1v) is 4.11. The van der Waals surface area contributed by atoms with Gasteiger partial charge in [-0.25, -0.2) is 4.79 Å². The number of rotatable bonds is 2. The molecule has 0 saturated carbocycles. The molecule has 76 valence electrons. The lowest BCUT2D eigenvalue weighted by Gasteiger charge is -2.08. The number of aryl methyl sites for hydroxylation is 1. The fourth-order valence-corrected chi connectivity index (χ4v) is 1.02. The number of nitrogens with one attached hydrogen (secondary N) is 1. The molecule has 0 aliphatic carbocycles. The Balaban J connectivity index is 2.63. The van der Waals surface area contributed by atoms with E-state index in [-0.39, 0.29) is 0 Å². The van der Waals surface area contributed by atoms with E-state index in [1.165, 1.54) is 0 Å². The molecule has 1 aromatic heterocycles. The third-order valence-corrected chi connectivity index (χ3v) is 1.73. The van der Waals surface area contributed by atoms with Gasteiger partial charge in [0.1, 0.15) is 11.5 Å². The Morgan fingerprint density at radius 2 is 2.14 bits per heavy atom. The number of aliphatic carboxylic acids is 1. The molecule has 2 N–H and O–H groups in total. The molecule has 0 aliphatic rings. The highest BCUT2D eigenvalue weighted by molar-refractivity contribution is 6.31. The summed E-state index contributed by atoms with van der Waals surface area (Å²) in [6, 6.07) is 3.01. The minimum Gasteiger partial charge on any atom is -0.474 e. The first-order valence-electron chi connectivity index (χ1n) is 4.11. The molecule has 0 fully saturated rings. The van der Waals surface area contributed by atoms with Crippen molar-refractivity contribution in [3.8, 4) is 0 Å². The third-order valence-electron chi connectivity index (χ3n) is 1.73. The van der Waals surface area contributed by atoms with Crippen LogP contribution >= 0.6 is 0 Å². The van der Waals surface area contributed by atoms with Crippen LogP contribution in [0.25, 0.3) is 0 Å². The molecule has 0 aliphatic heterocycles. The Labute approximate surface area is 80.7 Å². The first kappa shape index (κ1) is 10.3. The average molecular weight is 197 g/mol. The maximum Gasteiger partial charge on any atom is 0.394 e. The summed E-state index contributed by atoms with van der Waals surface area (Å²) in [7, 11) is 0. The molecule has 0 radical (unpaired) electrons. The first-order chi connectivity index (χ1) is 6.50. The van der Waals surface area contributed by atoms with E-state index in [1.807, 2.05) is 0 Å². The minimum absolute atomic E-state index is 0.438. The summed E-state index contributed by atoms with van der Waals surface area (Å²) in [5, 5.41) is 10.6. The number of carboxylic acids is 1. The highest BCUT2D eigenvalue weighted by Crippen LogP contribution is 2.14. The second-order valence-electron chi connectivity index (χ2n) is 2.95. The normalized spacial score (nSPS) is 12.1. The zero-order valence-electron chi connectivity index (χ0n) is 7.90. The number of furan rings is 1. The predicted octanol–water partition coefficient (Wildman–Crippen LogP) is 0.850. The Bertz CT molecular complexity index is 355. The van der Waals surface area contributed by atoms with E-state index in [9.17, 15) is 9.59 Å². The summed E-state index contributed by atoms with van der Waals surface area (Å²) in [5.74, 6) is -1.28. The quantitative estimate of drug-likeness (QED) is 0.689. The van der Waals surface area contributed by atoms with Gasteiger partial charge < -0.3 is 14.8 Å². The zero-order chi connectivity index (χ0) is 10.7. The van der Waals surface area contributed by atoms with E-state index in [2.05, 4.69) is 5.32 Å². The smallest absolute Gasteiger partial charge is 0.394 e. The molecule has 1 aromatic rings. The van der Waals surface area contributed by atoms with E-state index in [0.717, 1.165) is 5.76 Å². The standard InChI is InChI=1S/C9H11NO4/c1-5-3-4-7(14-5)6(2)10-8(11)9(12)13/h3-4,6H,1-2H3,(H,10,11)(H,12,13). The molecule has 1 heterocycles. The van der Waals surface area contributed by atoms with Gasteiger partial charge >= 0.3 is 11.9 Å². The Hall–Kier alpha value is -1.78. The van der Waals surface area contributed by atoms with Crippen molar-refractivity contribution in [2.45, 2.75) is 19.9 Å². The van der Waals surface area contributed by atoms with Crippen LogP contribution in [0.4, 0.5) is 0 Å². The van der Waals surface area contributed by atoms with Gasteiger partial charge in [0.25, 0.3) is 0 Å². The molecule has 1 rings (SSSR count). The molecule has 0 spiro atoms. The number of amides is 1. The van der Waals surface area contributed by atoms with Crippen LogP contribution < -0.4 is 5.32 Å². The second-order valence-corrected chi connectivity index (χ2v) is 2.95. The molecule has 0 saturated heterocycles. The van der Waals surface area contributed by atoms with E-state index in [0.29, 0.717) is 5.76 Å². The van der Waals surface area contributed by atoms with Crippen molar-refractivity contribution >= 4 is 11.9 Å². The lowest BCUT2D eigenvalue weighted by atomic mass is 10.2. The fraction of sp³-hybridized carbons (Fsp3) is 0.333. The van der Waals surface area contributed by atoms with Crippen LogP contribution in [0.1, 0.15) is 24.5 Å². The molecular formula is C9H11NO4. The maximum absolute atomic E-state index is 10.8. The maximum atomic E-state index is 10.8. The van der Waals surface area contributed by atoms with Gasteiger partial charge in [0.05, 0.1) is 6.04 Å². The van der Waals surface area contributed by atoms with Crippen LogP contribution in [-0.2, 0) is 9.59 Å². The van der Waals surface area contributed by atoms with Crippen LogP contribution in [0.5, 0.6) is 0 Å². The highest BCUT2D eigenvalue weighted by atomic mass is 16.4. The minimum atomic E-state index is -1.50. The lowest BCUT2D eigenvalue weighted by Crippen LogP contribution is -2.32. The van der Waals surface area contributed by atoms with Gasteiger partial charge in [-0.05, 0) is 26.0 Å². The van der Waals surface area contributed by atoms with E-state index >= 15 is 0 Å². The topological polar surface area (TPSA) is 79.5 Å². The van der Waals surface area contributed by atoms with Crippen LogP contribution in [0.15, 0.2) is 16.5 Å². The second kappa shape index (κ2) is 3.95. The van der Waals surface area contributed by atoms with Crippen LogP contribution in [0, 0.1) is 6.92 Å². The average Bonchev–Trinajstić information content (AvgIpc) is 2.51. The number of carbonyl (C=O) groups is 2. The number of hydrogen-bond acceptors (Lipinski definition) is 3. The molecule has 0 aromatic carbocycles. The largest absolute Gasteiger partial charge is 0.474 e. The SMILES string of the molecule is Cc1ccc(C(C)NC(=O)C(=O)O)o1. The van der Waals surface area contributed by atoms with Gasteiger partial charge in [-0.1, -0.05) is 0 Å². The number of carbonyl (C=O) groups excluding carboxylic acids is 1. The van der Waals surface area contributed by atoms with E-state index < -0.39 is 17.9 Å². The van der Waals surface area contributed by atoms with Crippen molar-refractivity contribution in [1.29, 1.82) is 0 Å². The fourth-order valence-electron chi connectivity index (χ4n) is 1.02. The lowest BCUT2D eigenvalue weighted by molar-refractivity contribution is -0.150. The molecule has 14 heavy (non-hydrogen) atoms. The van der Waals surface area contributed by atoms with Gasteiger partial charge in [-0.2, -0.15) is 0 Å². The predicted molar refractivity (Wildman–Crippen MR) is 47.6 cm³/mol. The Kier molecular flexibility index (Phi) is 2.91.